The molecule has 0 aliphatic carbocycles. The summed E-state index contributed by atoms with van der Waals surface area (Å²) in [6, 6.07) is 8.12. The van der Waals surface area contributed by atoms with Crippen LogP contribution in [0.4, 0.5) is 13.2 Å². The minimum atomic E-state index is -4.44. The van der Waals surface area contributed by atoms with Gasteiger partial charge in [-0.05, 0) is 50.1 Å². The molecule has 0 atom stereocenters. The number of halogens is 3. The minimum Gasteiger partial charge on any atom is -0.207 e. The molecule has 0 heterocycles. The van der Waals surface area contributed by atoms with Gasteiger partial charge in [-0.25, -0.2) is 8.42 Å². The first-order valence-corrected chi connectivity index (χ1v) is 9.22. The normalized spacial score (nSPS) is 11.8. The molecule has 2 rings (SSSR count). The Kier molecular flexibility index (Phi) is 5.79. The summed E-state index contributed by atoms with van der Waals surface area (Å²) < 4.78 is 65.3. The molecule has 0 unspecified atom stereocenters. The van der Waals surface area contributed by atoms with E-state index in [-0.39, 0.29) is 17.0 Å². The number of sulfonamides is 1. The molecule has 1 N–H and O–H groups in total. The molecule has 0 bridgehead atoms. The molecule has 0 radical (unpaired) electrons. The average molecular weight is 381 g/mol. The van der Waals surface area contributed by atoms with Crippen LogP contribution in [0.1, 0.15) is 27.8 Å². The highest BCUT2D eigenvalue weighted by atomic mass is 32.2. The topological polar surface area (TPSA) is 46.2 Å². The zero-order valence-electron chi connectivity index (χ0n) is 14.5. The molecule has 0 aromatic heterocycles. The quantitative estimate of drug-likeness (QED) is 0.818. The van der Waals surface area contributed by atoms with E-state index in [1.807, 2.05) is 6.92 Å². The highest BCUT2D eigenvalue weighted by Crippen LogP contribution is 2.29. The van der Waals surface area contributed by atoms with Gasteiger partial charge in [-0.2, -0.15) is 17.9 Å². The third-order valence-electron chi connectivity index (χ3n) is 3.65. The fraction of sp³-hybridized carbons (Fsp3) is 0.263. The molecule has 0 aliphatic heterocycles. The van der Waals surface area contributed by atoms with Gasteiger partial charge in [0.15, 0.2) is 0 Å². The van der Waals surface area contributed by atoms with E-state index in [0.29, 0.717) is 11.1 Å². The van der Waals surface area contributed by atoms with E-state index >= 15 is 0 Å². The van der Waals surface area contributed by atoms with Gasteiger partial charge in [0.05, 0.1) is 17.0 Å². The molecule has 0 amide bonds. The minimum absolute atomic E-state index is 0.168. The van der Waals surface area contributed by atoms with E-state index in [0.717, 1.165) is 17.7 Å². The number of hydrogen-bond donors (Lipinski definition) is 1. The maximum atomic E-state index is 12.7. The Hall–Kier alpha value is -2.30. The predicted octanol–water partition coefficient (Wildman–Crippen LogP) is 3.96. The van der Waals surface area contributed by atoms with Crippen molar-refractivity contribution in [2.24, 2.45) is 0 Å². The smallest absolute Gasteiger partial charge is 0.207 e. The van der Waals surface area contributed by atoms with Crippen LogP contribution in [0.2, 0.25) is 0 Å². The molecule has 0 fully saturated rings. The molecule has 2 aromatic rings. The van der Waals surface area contributed by atoms with Crippen LogP contribution in [0.15, 0.2) is 41.3 Å². The lowest BCUT2D eigenvalue weighted by Crippen LogP contribution is -2.25. The maximum Gasteiger partial charge on any atom is 0.416 e. The maximum absolute atomic E-state index is 12.7. The number of rotatable bonds is 3. The molecule has 26 heavy (non-hydrogen) atoms. The molecular weight excluding hydrogens is 363 g/mol. The van der Waals surface area contributed by atoms with Gasteiger partial charge < -0.3 is 0 Å². The van der Waals surface area contributed by atoms with Gasteiger partial charge in [0.25, 0.3) is 0 Å². The average Bonchev–Trinajstić information content (AvgIpc) is 2.49. The second kappa shape index (κ2) is 7.52. The lowest BCUT2D eigenvalue weighted by atomic mass is 10.1. The van der Waals surface area contributed by atoms with Crippen LogP contribution in [0.25, 0.3) is 0 Å². The predicted molar refractivity (Wildman–Crippen MR) is 94.2 cm³/mol. The van der Waals surface area contributed by atoms with Gasteiger partial charge in [0, 0.05) is 5.56 Å². The molecular formula is C19H18F3NO2S. The molecule has 0 aliphatic rings. The van der Waals surface area contributed by atoms with E-state index < -0.39 is 21.8 Å². The van der Waals surface area contributed by atoms with Crippen LogP contribution < -0.4 is 4.72 Å². The molecule has 0 spiro atoms. The number of aryl methyl sites for hydroxylation is 3. The third kappa shape index (κ3) is 4.87. The van der Waals surface area contributed by atoms with Crippen LogP contribution in [-0.4, -0.2) is 15.0 Å². The van der Waals surface area contributed by atoms with Crippen molar-refractivity contribution in [2.75, 3.05) is 6.54 Å². The van der Waals surface area contributed by atoms with Crippen LogP contribution in [0.3, 0.4) is 0 Å². The first-order valence-electron chi connectivity index (χ1n) is 7.74. The number of alkyl halides is 3. The van der Waals surface area contributed by atoms with Crippen molar-refractivity contribution in [3.8, 4) is 11.8 Å². The Morgan fingerprint density at radius 1 is 1.04 bits per heavy atom. The van der Waals surface area contributed by atoms with Crippen LogP contribution in [0.5, 0.6) is 0 Å². The molecule has 2 aromatic carbocycles. The Bertz CT molecular complexity index is 961. The molecule has 7 heteroatoms. The lowest BCUT2D eigenvalue weighted by Gasteiger charge is -2.11. The summed E-state index contributed by atoms with van der Waals surface area (Å²) in [5.41, 5.74) is 1.59. The summed E-state index contributed by atoms with van der Waals surface area (Å²) in [4.78, 5) is 0.198. The van der Waals surface area contributed by atoms with Gasteiger partial charge in [-0.15, -0.1) is 0 Å². The van der Waals surface area contributed by atoms with Crippen molar-refractivity contribution in [3.63, 3.8) is 0 Å². The SMILES string of the molecule is Cc1cc(C)c(S(=O)(=O)NCC#Cc2cccc(C(F)(F)F)c2)c(C)c1. The first kappa shape index (κ1) is 20.0. The van der Waals surface area contributed by atoms with Crippen molar-refractivity contribution in [2.45, 2.75) is 31.8 Å². The Labute approximate surface area is 151 Å². The van der Waals surface area contributed by atoms with Crippen molar-refractivity contribution >= 4 is 10.0 Å². The Morgan fingerprint density at radius 3 is 2.23 bits per heavy atom. The van der Waals surface area contributed by atoms with E-state index in [9.17, 15) is 21.6 Å². The monoisotopic (exact) mass is 381 g/mol. The summed E-state index contributed by atoms with van der Waals surface area (Å²) in [7, 11) is -3.76. The summed E-state index contributed by atoms with van der Waals surface area (Å²) >= 11 is 0. The second-order valence-electron chi connectivity index (χ2n) is 5.93. The summed E-state index contributed by atoms with van der Waals surface area (Å²) in [5.74, 6) is 5.09. The zero-order valence-corrected chi connectivity index (χ0v) is 15.3. The molecule has 138 valence electrons. The van der Waals surface area contributed by atoms with Gasteiger partial charge in [-0.3, -0.25) is 0 Å². The van der Waals surface area contributed by atoms with Gasteiger partial charge >= 0.3 is 6.18 Å². The van der Waals surface area contributed by atoms with Crippen LogP contribution in [-0.2, 0) is 16.2 Å². The highest BCUT2D eigenvalue weighted by molar-refractivity contribution is 7.89. The van der Waals surface area contributed by atoms with E-state index in [2.05, 4.69) is 16.6 Å². The summed E-state index contributed by atoms with van der Waals surface area (Å²) in [6.07, 6.45) is -4.44. The van der Waals surface area contributed by atoms with Crippen molar-refractivity contribution in [1.82, 2.24) is 4.72 Å². The van der Waals surface area contributed by atoms with Crippen LogP contribution in [0, 0.1) is 32.6 Å². The largest absolute Gasteiger partial charge is 0.416 e. The van der Waals surface area contributed by atoms with Gasteiger partial charge in [0.2, 0.25) is 10.0 Å². The number of benzene rings is 2. The Morgan fingerprint density at radius 2 is 1.65 bits per heavy atom. The summed E-state index contributed by atoms with van der Waals surface area (Å²) in [5, 5.41) is 0. The lowest BCUT2D eigenvalue weighted by molar-refractivity contribution is -0.137. The second-order valence-corrected chi connectivity index (χ2v) is 7.64. The number of hydrogen-bond acceptors (Lipinski definition) is 2. The van der Waals surface area contributed by atoms with Crippen molar-refractivity contribution in [1.29, 1.82) is 0 Å². The van der Waals surface area contributed by atoms with E-state index in [4.69, 9.17) is 0 Å². The van der Waals surface area contributed by atoms with Crippen LogP contribution >= 0.6 is 0 Å². The number of nitrogens with one attached hydrogen (secondary N) is 1. The highest BCUT2D eigenvalue weighted by Gasteiger charge is 2.30. The fourth-order valence-electron chi connectivity index (χ4n) is 2.71. The van der Waals surface area contributed by atoms with Gasteiger partial charge in [0.1, 0.15) is 0 Å². The Balaban J connectivity index is 2.15. The molecule has 3 nitrogen and oxygen atoms in total. The standard InChI is InChI=1S/C19H18F3NO2S/c1-13-10-14(2)18(15(3)11-13)26(24,25)23-9-5-7-16-6-4-8-17(12-16)19(20,21)22/h4,6,8,10-12,23H,9H2,1-3H3. The third-order valence-corrected chi connectivity index (χ3v) is 5.35. The van der Waals surface area contributed by atoms with E-state index in [1.54, 1.807) is 26.0 Å². The first-order chi connectivity index (χ1) is 12.0. The van der Waals surface area contributed by atoms with Crippen molar-refractivity contribution in [3.05, 3.63) is 64.2 Å². The molecule has 0 saturated carbocycles. The van der Waals surface area contributed by atoms with E-state index in [1.165, 1.54) is 12.1 Å². The fourth-order valence-corrected chi connectivity index (χ4v) is 4.09. The van der Waals surface area contributed by atoms with Crippen molar-refractivity contribution < 1.29 is 21.6 Å². The van der Waals surface area contributed by atoms with Gasteiger partial charge in [-0.1, -0.05) is 35.6 Å². The molecule has 0 saturated heterocycles. The zero-order chi connectivity index (χ0) is 19.5. The summed E-state index contributed by atoms with van der Waals surface area (Å²) in [6.45, 7) is 5.10.